The van der Waals surface area contributed by atoms with E-state index in [9.17, 15) is 4.79 Å². The topological polar surface area (TPSA) is 71.8 Å². The molecule has 1 N–H and O–H groups in total. The van der Waals surface area contributed by atoms with E-state index in [1.165, 1.54) is 0 Å². The summed E-state index contributed by atoms with van der Waals surface area (Å²) >= 11 is 0. The van der Waals surface area contributed by atoms with Gasteiger partial charge in [0.1, 0.15) is 0 Å². The Balaban J connectivity index is 1.52. The van der Waals surface area contributed by atoms with Crippen LogP contribution < -0.4 is 5.32 Å². The van der Waals surface area contributed by atoms with Gasteiger partial charge in [0, 0.05) is 38.4 Å². The van der Waals surface area contributed by atoms with Gasteiger partial charge in [0.25, 0.3) is 0 Å². The predicted octanol–water partition coefficient (Wildman–Crippen LogP) is 2.22. The molecule has 0 amide bonds. The van der Waals surface area contributed by atoms with E-state index in [0.29, 0.717) is 13.2 Å². The van der Waals surface area contributed by atoms with E-state index in [0.717, 1.165) is 43.1 Å². The van der Waals surface area contributed by atoms with Crippen LogP contribution >= 0.6 is 0 Å². The van der Waals surface area contributed by atoms with E-state index in [1.807, 2.05) is 54.3 Å². The number of guanidine groups is 1. The molecule has 1 saturated heterocycles. The fourth-order valence-electron chi connectivity index (χ4n) is 3.27. The number of para-hydroxylation sites is 1. The lowest BCUT2D eigenvalue weighted by molar-refractivity contribution is -0.149. The van der Waals surface area contributed by atoms with Crippen LogP contribution in [0.15, 0.2) is 47.7 Å². The summed E-state index contributed by atoms with van der Waals surface area (Å²) in [5.41, 5.74) is 2.12. The molecule has 7 nitrogen and oxygen atoms in total. The highest BCUT2D eigenvalue weighted by molar-refractivity contribution is 5.80. The first-order valence-corrected chi connectivity index (χ1v) is 9.42. The smallest absolute Gasteiger partial charge is 0.309 e. The van der Waals surface area contributed by atoms with Gasteiger partial charge in [-0.15, -0.1) is 0 Å². The average molecular weight is 369 g/mol. The first-order chi connectivity index (χ1) is 13.2. The Labute approximate surface area is 160 Å². The number of benzene rings is 1. The number of nitrogens with zero attached hydrogens (tertiary/aromatic N) is 4. The molecule has 2 aromatic rings. The Morgan fingerprint density at radius 1 is 1.30 bits per heavy atom. The Morgan fingerprint density at radius 2 is 2.04 bits per heavy atom. The molecule has 27 heavy (non-hydrogen) atoms. The average Bonchev–Trinajstić information content (AvgIpc) is 3.19. The molecule has 7 heteroatoms. The minimum Gasteiger partial charge on any atom is -0.466 e. The standard InChI is InChI=1S/C20H27N5O2/c1-3-27-19(26)17-9-11-24(12-10-17)20(21-2)22-13-16-14-23-25(15-16)18-7-5-4-6-8-18/h4-8,14-15,17H,3,9-13H2,1-2H3,(H,21,22). The lowest BCUT2D eigenvalue weighted by Gasteiger charge is -2.33. The first-order valence-electron chi connectivity index (χ1n) is 9.42. The van der Waals surface area contributed by atoms with Crippen LogP contribution in [0.5, 0.6) is 0 Å². The summed E-state index contributed by atoms with van der Waals surface area (Å²) in [6.07, 6.45) is 5.47. The number of aliphatic imine (C=N–C) groups is 1. The van der Waals surface area contributed by atoms with Gasteiger partial charge in [0.15, 0.2) is 5.96 Å². The quantitative estimate of drug-likeness (QED) is 0.497. The Kier molecular flexibility index (Phi) is 6.46. The van der Waals surface area contributed by atoms with Gasteiger partial charge in [-0.2, -0.15) is 5.10 Å². The van der Waals surface area contributed by atoms with Crippen LogP contribution in [-0.2, 0) is 16.1 Å². The summed E-state index contributed by atoms with van der Waals surface area (Å²) in [6, 6.07) is 10.0. The minimum atomic E-state index is -0.0755. The summed E-state index contributed by atoms with van der Waals surface area (Å²) < 4.78 is 7.00. The third-order valence-electron chi connectivity index (χ3n) is 4.73. The van der Waals surface area contributed by atoms with Gasteiger partial charge >= 0.3 is 5.97 Å². The number of rotatable bonds is 5. The number of carbonyl (C=O) groups excluding carboxylic acids is 1. The zero-order valence-corrected chi connectivity index (χ0v) is 16.0. The number of aromatic nitrogens is 2. The molecule has 1 aromatic carbocycles. The van der Waals surface area contributed by atoms with Crippen molar-refractivity contribution in [2.75, 3.05) is 26.7 Å². The van der Waals surface area contributed by atoms with Gasteiger partial charge in [0.2, 0.25) is 0 Å². The maximum absolute atomic E-state index is 11.9. The van der Waals surface area contributed by atoms with Crippen LogP contribution in [0, 0.1) is 5.92 Å². The van der Waals surface area contributed by atoms with E-state index in [4.69, 9.17) is 4.74 Å². The van der Waals surface area contributed by atoms with Crippen LogP contribution in [0.25, 0.3) is 5.69 Å². The van der Waals surface area contributed by atoms with E-state index >= 15 is 0 Å². The zero-order valence-electron chi connectivity index (χ0n) is 16.0. The fourth-order valence-corrected chi connectivity index (χ4v) is 3.27. The predicted molar refractivity (Wildman–Crippen MR) is 105 cm³/mol. The van der Waals surface area contributed by atoms with E-state index < -0.39 is 0 Å². The lowest BCUT2D eigenvalue weighted by atomic mass is 9.97. The molecule has 0 aliphatic carbocycles. The molecule has 0 unspecified atom stereocenters. The first kappa shape index (κ1) is 18.9. The zero-order chi connectivity index (χ0) is 19.1. The number of hydrogen-bond acceptors (Lipinski definition) is 4. The van der Waals surface area contributed by atoms with Crippen molar-refractivity contribution in [2.45, 2.75) is 26.3 Å². The van der Waals surface area contributed by atoms with Gasteiger partial charge in [-0.25, -0.2) is 4.68 Å². The number of piperidine rings is 1. The Morgan fingerprint density at radius 3 is 2.70 bits per heavy atom. The van der Waals surface area contributed by atoms with Crippen molar-refractivity contribution in [3.05, 3.63) is 48.3 Å². The van der Waals surface area contributed by atoms with Gasteiger partial charge in [-0.3, -0.25) is 9.79 Å². The second-order valence-electron chi connectivity index (χ2n) is 6.54. The molecule has 0 atom stereocenters. The second kappa shape index (κ2) is 9.21. The summed E-state index contributed by atoms with van der Waals surface area (Å²) in [6.45, 7) is 4.54. The summed E-state index contributed by atoms with van der Waals surface area (Å²) in [5, 5.41) is 7.82. The molecule has 1 fully saturated rings. The highest BCUT2D eigenvalue weighted by Gasteiger charge is 2.27. The number of esters is 1. The summed E-state index contributed by atoms with van der Waals surface area (Å²) in [4.78, 5) is 18.5. The van der Waals surface area contributed by atoms with Gasteiger partial charge in [-0.1, -0.05) is 18.2 Å². The number of likely N-dealkylation sites (tertiary alicyclic amines) is 1. The largest absolute Gasteiger partial charge is 0.466 e. The van der Waals surface area contributed by atoms with Gasteiger partial charge in [0.05, 0.1) is 24.4 Å². The van der Waals surface area contributed by atoms with Crippen molar-refractivity contribution >= 4 is 11.9 Å². The highest BCUT2D eigenvalue weighted by atomic mass is 16.5. The van der Waals surface area contributed by atoms with Crippen molar-refractivity contribution in [3.8, 4) is 5.69 Å². The molecule has 0 radical (unpaired) electrons. The fraction of sp³-hybridized carbons (Fsp3) is 0.450. The van der Waals surface area contributed by atoms with E-state index in [2.05, 4.69) is 20.3 Å². The van der Waals surface area contributed by atoms with Crippen molar-refractivity contribution in [2.24, 2.45) is 10.9 Å². The molecule has 0 bridgehead atoms. The molecule has 0 spiro atoms. The van der Waals surface area contributed by atoms with Crippen molar-refractivity contribution in [1.82, 2.24) is 20.0 Å². The highest BCUT2D eigenvalue weighted by Crippen LogP contribution is 2.19. The molecular weight excluding hydrogens is 342 g/mol. The van der Waals surface area contributed by atoms with E-state index in [1.54, 1.807) is 7.05 Å². The number of carbonyl (C=O) groups is 1. The molecule has 144 valence electrons. The van der Waals surface area contributed by atoms with Gasteiger partial charge < -0.3 is 15.0 Å². The van der Waals surface area contributed by atoms with Crippen LogP contribution in [0.3, 0.4) is 0 Å². The van der Waals surface area contributed by atoms with Crippen molar-refractivity contribution in [3.63, 3.8) is 0 Å². The van der Waals surface area contributed by atoms with Crippen LogP contribution in [0.2, 0.25) is 0 Å². The number of ether oxygens (including phenoxy) is 1. The Bertz CT molecular complexity index is 764. The molecule has 2 heterocycles. The van der Waals surface area contributed by atoms with Crippen LogP contribution in [-0.4, -0.2) is 53.4 Å². The maximum atomic E-state index is 11.9. The van der Waals surface area contributed by atoms with Crippen LogP contribution in [0.1, 0.15) is 25.3 Å². The summed E-state index contributed by atoms with van der Waals surface area (Å²) in [7, 11) is 1.78. The molecule has 1 aliphatic heterocycles. The molecule has 3 rings (SSSR count). The lowest BCUT2D eigenvalue weighted by Crippen LogP contribution is -2.46. The third kappa shape index (κ3) is 4.87. The Hall–Kier alpha value is -2.83. The normalized spacial score (nSPS) is 15.6. The van der Waals surface area contributed by atoms with Crippen molar-refractivity contribution in [1.29, 1.82) is 0 Å². The minimum absolute atomic E-state index is 0.00316. The monoisotopic (exact) mass is 369 g/mol. The molecule has 0 saturated carbocycles. The second-order valence-corrected chi connectivity index (χ2v) is 6.54. The van der Waals surface area contributed by atoms with Crippen LogP contribution in [0.4, 0.5) is 0 Å². The SMILES string of the molecule is CCOC(=O)C1CCN(C(=NC)NCc2cnn(-c3ccccc3)c2)CC1. The summed E-state index contributed by atoms with van der Waals surface area (Å²) in [5.74, 6) is 0.779. The van der Waals surface area contributed by atoms with Crippen molar-refractivity contribution < 1.29 is 9.53 Å². The van der Waals surface area contributed by atoms with Gasteiger partial charge in [-0.05, 0) is 31.9 Å². The molecular formula is C20H27N5O2. The maximum Gasteiger partial charge on any atom is 0.309 e. The number of hydrogen-bond donors (Lipinski definition) is 1. The number of nitrogens with one attached hydrogen (secondary N) is 1. The molecule has 1 aliphatic rings. The van der Waals surface area contributed by atoms with E-state index in [-0.39, 0.29) is 11.9 Å². The third-order valence-corrected chi connectivity index (χ3v) is 4.73. The molecule has 1 aromatic heterocycles.